The molecule has 0 saturated heterocycles. The number of aromatic amines is 1. The largest absolute Gasteiger partial charge is 0.462 e. The first-order valence-electron chi connectivity index (χ1n) is 7.06. The van der Waals surface area contributed by atoms with Gasteiger partial charge in [-0.1, -0.05) is 42.5 Å². The molecule has 21 heavy (non-hydrogen) atoms. The molecule has 0 aliphatic heterocycles. The van der Waals surface area contributed by atoms with E-state index in [-0.39, 0.29) is 5.97 Å². The van der Waals surface area contributed by atoms with E-state index < -0.39 is 0 Å². The van der Waals surface area contributed by atoms with Crippen molar-refractivity contribution >= 4 is 16.9 Å². The summed E-state index contributed by atoms with van der Waals surface area (Å²) in [7, 11) is 0. The molecule has 2 aromatic carbocycles. The summed E-state index contributed by atoms with van der Waals surface area (Å²) in [6.07, 6.45) is 0. The van der Waals surface area contributed by atoms with Crippen LogP contribution in [-0.4, -0.2) is 17.6 Å². The van der Waals surface area contributed by atoms with E-state index in [4.69, 9.17) is 4.74 Å². The third-order valence-electron chi connectivity index (χ3n) is 3.57. The van der Waals surface area contributed by atoms with Crippen LogP contribution in [0.5, 0.6) is 0 Å². The van der Waals surface area contributed by atoms with Gasteiger partial charge in [0, 0.05) is 10.9 Å². The van der Waals surface area contributed by atoms with Gasteiger partial charge in [-0.2, -0.15) is 0 Å². The molecule has 0 radical (unpaired) electrons. The summed E-state index contributed by atoms with van der Waals surface area (Å²) >= 11 is 0. The Morgan fingerprint density at radius 2 is 1.86 bits per heavy atom. The monoisotopic (exact) mass is 279 g/mol. The van der Waals surface area contributed by atoms with Crippen LogP contribution in [0.1, 0.15) is 22.8 Å². The van der Waals surface area contributed by atoms with Crippen LogP contribution < -0.4 is 0 Å². The standard InChI is InChI=1S/C18H17NO2/c1-3-21-18(20)16-15-12(2)8-7-11-14(15)19-17(16)13-9-5-4-6-10-13/h4-11,19H,3H2,1-2H3. The summed E-state index contributed by atoms with van der Waals surface area (Å²) < 4.78 is 5.25. The lowest BCUT2D eigenvalue weighted by atomic mass is 10.0. The summed E-state index contributed by atoms with van der Waals surface area (Å²) in [6.45, 7) is 4.20. The zero-order chi connectivity index (χ0) is 14.8. The van der Waals surface area contributed by atoms with Crippen LogP contribution in [0.2, 0.25) is 0 Å². The van der Waals surface area contributed by atoms with Crippen molar-refractivity contribution in [3.63, 3.8) is 0 Å². The number of esters is 1. The van der Waals surface area contributed by atoms with Crippen molar-refractivity contribution < 1.29 is 9.53 Å². The van der Waals surface area contributed by atoms with Crippen molar-refractivity contribution in [2.45, 2.75) is 13.8 Å². The fraction of sp³-hybridized carbons (Fsp3) is 0.167. The van der Waals surface area contributed by atoms with Crippen molar-refractivity contribution in [3.8, 4) is 11.3 Å². The molecule has 0 bridgehead atoms. The maximum absolute atomic E-state index is 12.4. The van der Waals surface area contributed by atoms with Crippen molar-refractivity contribution in [1.82, 2.24) is 4.98 Å². The van der Waals surface area contributed by atoms with E-state index in [0.717, 1.165) is 27.7 Å². The molecule has 3 heteroatoms. The normalized spacial score (nSPS) is 10.8. The lowest BCUT2D eigenvalue weighted by Crippen LogP contribution is -2.06. The Balaban J connectivity index is 2.31. The van der Waals surface area contributed by atoms with Gasteiger partial charge in [-0.15, -0.1) is 0 Å². The highest BCUT2D eigenvalue weighted by molar-refractivity contribution is 6.11. The van der Waals surface area contributed by atoms with Gasteiger partial charge in [0.15, 0.2) is 0 Å². The Labute approximate surface area is 123 Å². The quantitative estimate of drug-likeness (QED) is 0.725. The number of benzene rings is 2. The van der Waals surface area contributed by atoms with E-state index in [0.29, 0.717) is 12.2 Å². The Bertz CT molecular complexity index is 788. The Hall–Kier alpha value is -2.55. The first-order chi connectivity index (χ1) is 10.2. The minimum atomic E-state index is -0.281. The maximum Gasteiger partial charge on any atom is 0.340 e. The molecule has 3 aromatic rings. The van der Waals surface area contributed by atoms with E-state index >= 15 is 0 Å². The molecule has 0 atom stereocenters. The van der Waals surface area contributed by atoms with Gasteiger partial charge < -0.3 is 9.72 Å². The van der Waals surface area contributed by atoms with Gasteiger partial charge in [-0.25, -0.2) is 4.79 Å². The number of hydrogen-bond donors (Lipinski definition) is 1. The predicted octanol–water partition coefficient (Wildman–Crippen LogP) is 4.32. The molecule has 0 unspecified atom stereocenters. The minimum absolute atomic E-state index is 0.281. The summed E-state index contributed by atoms with van der Waals surface area (Å²) in [5.41, 5.74) is 4.44. The Morgan fingerprint density at radius 3 is 2.57 bits per heavy atom. The van der Waals surface area contributed by atoms with E-state index in [2.05, 4.69) is 4.98 Å². The van der Waals surface area contributed by atoms with Gasteiger partial charge in [0.05, 0.1) is 17.9 Å². The summed E-state index contributed by atoms with van der Waals surface area (Å²) in [6, 6.07) is 15.8. The van der Waals surface area contributed by atoms with Gasteiger partial charge in [0.25, 0.3) is 0 Å². The summed E-state index contributed by atoms with van der Waals surface area (Å²) in [5, 5.41) is 0.940. The molecule has 0 aliphatic carbocycles. The van der Waals surface area contributed by atoms with Gasteiger partial charge in [0.2, 0.25) is 0 Å². The molecule has 3 rings (SSSR count). The van der Waals surface area contributed by atoms with E-state index in [9.17, 15) is 4.79 Å². The van der Waals surface area contributed by atoms with Crippen molar-refractivity contribution in [1.29, 1.82) is 0 Å². The molecule has 0 aliphatic rings. The zero-order valence-corrected chi connectivity index (χ0v) is 12.1. The number of carbonyl (C=O) groups is 1. The Kier molecular flexibility index (Phi) is 3.48. The molecule has 106 valence electrons. The highest BCUT2D eigenvalue weighted by Crippen LogP contribution is 2.32. The number of ether oxygens (including phenoxy) is 1. The summed E-state index contributed by atoms with van der Waals surface area (Å²) in [5.74, 6) is -0.281. The molecular formula is C18H17NO2. The number of H-pyrrole nitrogens is 1. The van der Waals surface area contributed by atoms with Gasteiger partial charge in [-0.05, 0) is 31.0 Å². The van der Waals surface area contributed by atoms with Gasteiger partial charge in [0.1, 0.15) is 0 Å². The molecule has 3 nitrogen and oxygen atoms in total. The average molecular weight is 279 g/mol. The maximum atomic E-state index is 12.4. The lowest BCUT2D eigenvalue weighted by molar-refractivity contribution is 0.0529. The highest BCUT2D eigenvalue weighted by Gasteiger charge is 2.21. The fourth-order valence-electron chi connectivity index (χ4n) is 2.65. The second-order valence-corrected chi connectivity index (χ2v) is 4.96. The van der Waals surface area contributed by atoms with Crippen LogP contribution in [0.25, 0.3) is 22.2 Å². The van der Waals surface area contributed by atoms with Crippen LogP contribution in [0.4, 0.5) is 0 Å². The molecule has 0 fully saturated rings. The molecular weight excluding hydrogens is 262 g/mol. The second kappa shape index (κ2) is 5.44. The van der Waals surface area contributed by atoms with Gasteiger partial charge in [-0.3, -0.25) is 0 Å². The third-order valence-corrected chi connectivity index (χ3v) is 3.57. The van der Waals surface area contributed by atoms with Crippen LogP contribution in [0, 0.1) is 6.92 Å². The topological polar surface area (TPSA) is 42.1 Å². The third kappa shape index (κ3) is 2.31. The van der Waals surface area contributed by atoms with E-state index in [1.807, 2.05) is 62.4 Å². The number of hydrogen-bond acceptors (Lipinski definition) is 2. The second-order valence-electron chi connectivity index (χ2n) is 4.96. The zero-order valence-electron chi connectivity index (χ0n) is 12.1. The average Bonchev–Trinajstić information content (AvgIpc) is 2.89. The first-order valence-corrected chi connectivity index (χ1v) is 7.06. The smallest absolute Gasteiger partial charge is 0.340 e. The predicted molar refractivity (Wildman–Crippen MR) is 84.4 cm³/mol. The van der Waals surface area contributed by atoms with Crippen LogP contribution >= 0.6 is 0 Å². The molecule has 1 aromatic heterocycles. The molecule has 1 heterocycles. The Morgan fingerprint density at radius 1 is 1.10 bits per heavy atom. The molecule has 1 N–H and O–H groups in total. The molecule has 0 saturated carbocycles. The first kappa shape index (κ1) is 13.4. The van der Waals surface area contributed by atoms with Crippen LogP contribution in [-0.2, 0) is 4.74 Å². The SMILES string of the molecule is CCOC(=O)c1c(-c2ccccc2)[nH]c2cccc(C)c12. The van der Waals surface area contributed by atoms with Crippen LogP contribution in [0.15, 0.2) is 48.5 Å². The van der Waals surface area contributed by atoms with Gasteiger partial charge >= 0.3 is 5.97 Å². The molecule has 0 amide bonds. The van der Waals surface area contributed by atoms with Crippen molar-refractivity contribution in [2.75, 3.05) is 6.61 Å². The number of nitrogens with one attached hydrogen (secondary N) is 1. The van der Waals surface area contributed by atoms with E-state index in [1.54, 1.807) is 0 Å². The number of aromatic nitrogens is 1. The number of fused-ring (bicyclic) bond motifs is 1. The fourth-order valence-corrected chi connectivity index (χ4v) is 2.65. The van der Waals surface area contributed by atoms with Crippen molar-refractivity contribution in [2.24, 2.45) is 0 Å². The highest BCUT2D eigenvalue weighted by atomic mass is 16.5. The minimum Gasteiger partial charge on any atom is -0.462 e. The number of rotatable bonds is 3. The summed E-state index contributed by atoms with van der Waals surface area (Å²) in [4.78, 5) is 15.8. The molecule has 0 spiro atoms. The van der Waals surface area contributed by atoms with E-state index in [1.165, 1.54) is 0 Å². The number of aryl methyl sites for hydroxylation is 1. The van der Waals surface area contributed by atoms with Crippen LogP contribution in [0.3, 0.4) is 0 Å². The van der Waals surface area contributed by atoms with Crippen molar-refractivity contribution in [3.05, 3.63) is 59.7 Å². The lowest BCUT2D eigenvalue weighted by Gasteiger charge is -2.05. The number of carbonyl (C=O) groups excluding carboxylic acids is 1.